The molecule has 3 N–H and O–H groups in total. The molecular formula is C15H19N3O2. The third-order valence-corrected chi connectivity index (χ3v) is 3.23. The Kier molecular flexibility index (Phi) is 4.20. The number of H-pyrrole nitrogens is 1. The maximum absolute atomic E-state index is 11.9. The Morgan fingerprint density at radius 3 is 2.70 bits per heavy atom. The van der Waals surface area contributed by atoms with Gasteiger partial charge >= 0.3 is 0 Å². The molecule has 1 aromatic carbocycles. The molecule has 0 saturated carbocycles. The van der Waals surface area contributed by atoms with Gasteiger partial charge in [-0.2, -0.15) is 0 Å². The highest BCUT2D eigenvalue weighted by molar-refractivity contribution is 5.59. The second kappa shape index (κ2) is 5.88. The lowest BCUT2D eigenvalue weighted by Crippen LogP contribution is -2.19. The average molecular weight is 273 g/mol. The fraction of sp³-hybridized carbons (Fsp3) is 0.333. The van der Waals surface area contributed by atoms with Crippen molar-refractivity contribution in [2.75, 3.05) is 11.9 Å². The number of hydrogen-bond acceptors (Lipinski definition) is 4. The summed E-state index contributed by atoms with van der Waals surface area (Å²) in [5.74, 6) is 0.419. The fourth-order valence-electron chi connectivity index (χ4n) is 2.07. The minimum atomic E-state index is -0.209. The fourth-order valence-corrected chi connectivity index (χ4v) is 2.07. The van der Waals surface area contributed by atoms with Crippen LogP contribution in [0.3, 0.4) is 0 Å². The van der Waals surface area contributed by atoms with Crippen molar-refractivity contribution in [2.45, 2.75) is 27.2 Å². The van der Waals surface area contributed by atoms with Gasteiger partial charge in [-0.3, -0.25) is 9.78 Å². The lowest BCUT2D eigenvalue weighted by molar-refractivity contribution is 0.298. The van der Waals surface area contributed by atoms with Gasteiger partial charge in [0.25, 0.3) is 5.56 Å². The highest BCUT2D eigenvalue weighted by Gasteiger charge is 2.08. The van der Waals surface area contributed by atoms with E-state index in [1.54, 1.807) is 6.92 Å². The van der Waals surface area contributed by atoms with Crippen LogP contribution in [0.15, 0.2) is 23.0 Å². The van der Waals surface area contributed by atoms with E-state index in [2.05, 4.69) is 15.3 Å². The van der Waals surface area contributed by atoms with E-state index in [4.69, 9.17) is 5.11 Å². The molecule has 0 fully saturated rings. The summed E-state index contributed by atoms with van der Waals surface area (Å²) in [6.45, 7) is 5.72. The number of aromatic nitrogens is 2. The molecule has 0 bridgehead atoms. The molecule has 0 aliphatic carbocycles. The van der Waals surface area contributed by atoms with E-state index in [0.717, 1.165) is 16.8 Å². The van der Waals surface area contributed by atoms with Crippen molar-refractivity contribution in [1.29, 1.82) is 0 Å². The van der Waals surface area contributed by atoms with E-state index in [1.807, 2.05) is 32.0 Å². The van der Waals surface area contributed by atoms with Crippen molar-refractivity contribution in [1.82, 2.24) is 9.97 Å². The lowest BCUT2D eigenvalue weighted by Gasteiger charge is -2.11. The molecule has 2 aromatic rings. The van der Waals surface area contributed by atoms with Gasteiger partial charge in [0.2, 0.25) is 5.95 Å². The minimum absolute atomic E-state index is 0.0602. The van der Waals surface area contributed by atoms with Crippen LogP contribution in [0.4, 0.5) is 11.6 Å². The molecular weight excluding hydrogens is 254 g/mol. The van der Waals surface area contributed by atoms with Crippen LogP contribution in [0, 0.1) is 20.8 Å². The first-order valence-corrected chi connectivity index (χ1v) is 6.56. The topological polar surface area (TPSA) is 78.0 Å². The molecule has 5 heteroatoms. The van der Waals surface area contributed by atoms with Gasteiger partial charge in [0, 0.05) is 24.3 Å². The van der Waals surface area contributed by atoms with Crippen LogP contribution in [0.1, 0.15) is 22.4 Å². The number of anilines is 2. The number of nitrogens with zero attached hydrogens (tertiary/aromatic N) is 1. The van der Waals surface area contributed by atoms with Gasteiger partial charge in [0.15, 0.2) is 0 Å². The van der Waals surface area contributed by atoms with Gasteiger partial charge < -0.3 is 10.4 Å². The van der Waals surface area contributed by atoms with Crippen LogP contribution in [-0.4, -0.2) is 21.7 Å². The van der Waals surface area contributed by atoms with Crippen molar-refractivity contribution < 1.29 is 5.11 Å². The molecule has 0 spiro atoms. The molecule has 2 rings (SSSR count). The SMILES string of the molecule is Cc1ccc(C)c(Nc2nc(C)c(CCO)c(=O)[nH]2)c1. The molecule has 0 atom stereocenters. The Morgan fingerprint density at radius 1 is 1.30 bits per heavy atom. The van der Waals surface area contributed by atoms with Crippen molar-refractivity contribution in [3.05, 3.63) is 50.9 Å². The van der Waals surface area contributed by atoms with Gasteiger partial charge in [-0.25, -0.2) is 4.98 Å². The van der Waals surface area contributed by atoms with Gasteiger partial charge in [0.1, 0.15) is 0 Å². The standard InChI is InChI=1S/C15H19N3O2/c1-9-4-5-10(2)13(8-9)17-15-16-11(3)12(6-7-19)14(20)18-15/h4-5,8,19H,6-7H2,1-3H3,(H2,16,17,18,20). The number of hydrogen-bond donors (Lipinski definition) is 3. The normalized spacial score (nSPS) is 10.6. The van der Waals surface area contributed by atoms with E-state index < -0.39 is 0 Å². The van der Waals surface area contributed by atoms with Gasteiger partial charge in [0.05, 0.1) is 5.69 Å². The first-order chi connectivity index (χ1) is 9.51. The summed E-state index contributed by atoms with van der Waals surface area (Å²) in [6.07, 6.45) is 0.317. The van der Waals surface area contributed by atoms with E-state index in [9.17, 15) is 4.79 Å². The van der Waals surface area contributed by atoms with Gasteiger partial charge in [-0.1, -0.05) is 12.1 Å². The number of benzene rings is 1. The molecule has 0 amide bonds. The summed E-state index contributed by atoms with van der Waals surface area (Å²) in [5, 5.41) is 12.1. The van der Waals surface area contributed by atoms with Crippen molar-refractivity contribution in [3.63, 3.8) is 0 Å². The number of aromatic amines is 1. The predicted octanol–water partition coefficient (Wildman–Crippen LogP) is 1.97. The highest BCUT2D eigenvalue weighted by atomic mass is 16.3. The van der Waals surface area contributed by atoms with E-state index >= 15 is 0 Å². The van der Waals surface area contributed by atoms with E-state index in [1.165, 1.54) is 0 Å². The zero-order valence-corrected chi connectivity index (χ0v) is 11.9. The summed E-state index contributed by atoms with van der Waals surface area (Å²) in [5.41, 5.74) is 4.08. The Balaban J connectivity index is 2.35. The number of aliphatic hydroxyl groups is 1. The van der Waals surface area contributed by atoms with Crippen molar-refractivity contribution >= 4 is 11.6 Å². The summed E-state index contributed by atoms with van der Waals surface area (Å²) in [6, 6.07) is 6.06. The quantitative estimate of drug-likeness (QED) is 0.796. The number of rotatable bonds is 4. The smallest absolute Gasteiger partial charge is 0.255 e. The summed E-state index contributed by atoms with van der Waals surface area (Å²) in [7, 11) is 0. The Bertz CT molecular complexity index is 677. The van der Waals surface area contributed by atoms with Gasteiger partial charge in [-0.15, -0.1) is 0 Å². The van der Waals surface area contributed by atoms with Crippen LogP contribution in [0.2, 0.25) is 0 Å². The van der Waals surface area contributed by atoms with Crippen LogP contribution in [0.25, 0.3) is 0 Å². The number of aliphatic hydroxyl groups excluding tert-OH is 1. The Labute approximate surface area is 117 Å². The number of nitrogens with one attached hydrogen (secondary N) is 2. The third kappa shape index (κ3) is 3.05. The molecule has 20 heavy (non-hydrogen) atoms. The monoisotopic (exact) mass is 273 g/mol. The third-order valence-electron chi connectivity index (χ3n) is 3.23. The molecule has 5 nitrogen and oxygen atoms in total. The zero-order chi connectivity index (χ0) is 14.7. The van der Waals surface area contributed by atoms with Crippen LogP contribution >= 0.6 is 0 Å². The largest absolute Gasteiger partial charge is 0.396 e. The first-order valence-electron chi connectivity index (χ1n) is 6.56. The van der Waals surface area contributed by atoms with Crippen LogP contribution in [-0.2, 0) is 6.42 Å². The molecule has 1 heterocycles. The molecule has 0 aliphatic heterocycles. The summed E-state index contributed by atoms with van der Waals surface area (Å²) in [4.78, 5) is 19.0. The van der Waals surface area contributed by atoms with Gasteiger partial charge in [-0.05, 0) is 38.0 Å². The lowest BCUT2D eigenvalue weighted by atomic mass is 10.1. The molecule has 0 aliphatic rings. The van der Waals surface area contributed by atoms with E-state index in [0.29, 0.717) is 23.6 Å². The zero-order valence-electron chi connectivity index (χ0n) is 11.9. The van der Waals surface area contributed by atoms with Crippen molar-refractivity contribution in [3.8, 4) is 0 Å². The maximum atomic E-state index is 11.9. The molecule has 106 valence electrons. The average Bonchev–Trinajstić information content (AvgIpc) is 2.38. The summed E-state index contributed by atoms with van der Waals surface area (Å²) >= 11 is 0. The van der Waals surface area contributed by atoms with Crippen molar-refractivity contribution in [2.24, 2.45) is 0 Å². The predicted molar refractivity (Wildman–Crippen MR) is 79.6 cm³/mol. The Hall–Kier alpha value is -2.14. The highest BCUT2D eigenvalue weighted by Crippen LogP contribution is 2.19. The number of aryl methyl sites for hydroxylation is 3. The summed E-state index contributed by atoms with van der Waals surface area (Å²) < 4.78 is 0. The second-order valence-electron chi connectivity index (χ2n) is 4.90. The minimum Gasteiger partial charge on any atom is -0.396 e. The molecule has 0 saturated heterocycles. The van der Waals surface area contributed by atoms with E-state index in [-0.39, 0.29) is 12.2 Å². The first kappa shape index (κ1) is 14.3. The molecule has 1 aromatic heterocycles. The maximum Gasteiger partial charge on any atom is 0.255 e. The van der Waals surface area contributed by atoms with Crippen LogP contribution < -0.4 is 10.9 Å². The molecule has 0 radical (unpaired) electrons. The Morgan fingerprint density at radius 2 is 2.05 bits per heavy atom. The van der Waals surface area contributed by atoms with Crippen LogP contribution in [0.5, 0.6) is 0 Å². The second-order valence-corrected chi connectivity index (χ2v) is 4.90. The molecule has 0 unspecified atom stereocenters.